The lowest BCUT2D eigenvalue weighted by molar-refractivity contribution is 0.0309. The van der Waals surface area contributed by atoms with Crippen LogP contribution in [-0.4, -0.2) is 29.1 Å². The van der Waals surface area contributed by atoms with E-state index < -0.39 is 5.60 Å². The number of carbonyl (C=O) groups excluding carboxylic acids is 1. The zero-order chi connectivity index (χ0) is 22.6. The van der Waals surface area contributed by atoms with Gasteiger partial charge in [0.15, 0.2) is 0 Å². The summed E-state index contributed by atoms with van der Waals surface area (Å²) >= 11 is 0. The Morgan fingerprint density at radius 2 is 1.56 bits per heavy atom. The van der Waals surface area contributed by atoms with Crippen LogP contribution in [0.3, 0.4) is 0 Å². The van der Waals surface area contributed by atoms with Gasteiger partial charge >= 0.3 is 6.09 Å². The van der Waals surface area contributed by atoms with Gasteiger partial charge < -0.3 is 10.1 Å². The van der Waals surface area contributed by atoms with E-state index in [4.69, 9.17) is 9.73 Å². The van der Waals surface area contributed by atoms with Crippen molar-refractivity contribution >= 4 is 12.1 Å². The zero-order valence-electron chi connectivity index (χ0n) is 19.5. The van der Waals surface area contributed by atoms with Crippen LogP contribution in [0, 0.1) is 5.92 Å². The minimum absolute atomic E-state index is 0.194. The van der Waals surface area contributed by atoms with Crippen LogP contribution in [0.4, 0.5) is 4.79 Å². The third-order valence-electron chi connectivity index (χ3n) is 6.21. The topological polar surface area (TPSA) is 53.9 Å². The Balaban J connectivity index is 1.69. The van der Waals surface area contributed by atoms with Crippen molar-refractivity contribution in [1.82, 2.24) is 10.2 Å². The second-order valence-electron chi connectivity index (χ2n) is 9.90. The molecule has 170 valence electrons. The minimum atomic E-state index is -0.586. The van der Waals surface area contributed by atoms with Gasteiger partial charge in [-0.15, -0.1) is 0 Å². The number of amides is 1. The monoisotopic (exact) mass is 433 g/mol. The van der Waals surface area contributed by atoms with Crippen molar-refractivity contribution in [2.75, 3.05) is 6.54 Å². The Morgan fingerprint density at radius 1 is 0.969 bits per heavy atom. The molecule has 1 aliphatic carbocycles. The predicted octanol–water partition coefficient (Wildman–Crippen LogP) is 6.25. The molecule has 5 heteroatoms. The maximum atomic E-state index is 13.5. The number of hydrogen-bond donors (Lipinski definition) is 1. The summed E-state index contributed by atoms with van der Waals surface area (Å²) in [7, 11) is 0. The second kappa shape index (κ2) is 9.76. The lowest BCUT2D eigenvalue weighted by atomic mass is 9.89. The van der Waals surface area contributed by atoms with Crippen LogP contribution in [-0.2, 0) is 4.74 Å². The highest BCUT2D eigenvalue weighted by molar-refractivity contribution is 5.96. The predicted molar refractivity (Wildman–Crippen MR) is 128 cm³/mol. The molecule has 2 aromatic rings. The third kappa shape index (κ3) is 5.32. The van der Waals surface area contributed by atoms with Crippen LogP contribution < -0.4 is 5.32 Å². The molecule has 1 fully saturated rings. The fourth-order valence-electron chi connectivity index (χ4n) is 4.69. The SMILES string of the molecule is CC(C)(C)OC(=O)N1C(NCC2CCCCC2)=NC(c2ccccc2)C1c1ccccc1. The number of aliphatic imine (C=N–C) groups is 1. The standard InChI is InChI=1S/C27H35N3O2/c1-27(2,3)32-26(31)30-24(22-17-11-6-12-18-22)23(21-15-9-5-10-16-21)29-25(30)28-19-20-13-7-4-8-14-20/h5-6,9-12,15-18,20,23-24H,4,7-8,13-14,19H2,1-3H3,(H,28,29). The Morgan fingerprint density at radius 3 is 2.16 bits per heavy atom. The second-order valence-corrected chi connectivity index (χ2v) is 9.90. The third-order valence-corrected chi connectivity index (χ3v) is 6.21. The molecule has 2 aliphatic rings. The number of rotatable bonds is 4. The van der Waals surface area contributed by atoms with Crippen molar-refractivity contribution in [2.24, 2.45) is 10.9 Å². The molecule has 0 spiro atoms. The lowest BCUT2D eigenvalue weighted by Crippen LogP contribution is -2.47. The van der Waals surface area contributed by atoms with Crippen LogP contribution in [0.1, 0.15) is 76.1 Å². The normalized spacial score (nSPS) is 21.8. The van der Waals surface area contributed by atoms with Gasteiger partial charge in [-0.05, 0) is 50.7 Å². The number of hydrogen-bond acceptors (Lipinski definition) is 4. The van der Waals surface area contributed by atoms with Crippen molar-refractivity contribution in [3.63, 3.8) is 0 Å². The van der Waals surface area contributed by atoms with Crippen LogP contribution in [0.15, 0.2) is 65.7 Å². The molecule has 5 nitrogen and oxygen atoms in total. The van der Waals surface area contributed by atoms with Crippen molar-refractivity contribution < 1.29 is 9.53 Å². The van der Waals surface area contributed by atoms with E-state index in [0.29, 0.717) is 11.9 Å². The smallest absolute Gasteiger partial charge is 0.417 e. The summed E-state index contributed by atoms with van der Waals surface area (Å²) in [6.45, 7) is 6.54. The molecule has 0 radical (unpaired) electrons. The van der Waals surface area contributed by atoms with E-state index in [1.807, 2.05) is 57.2 Å². The number of carbonyl (C=O) groups is 1. The van der Waals surface area contributed by atoms with E-state index in [0.717, 1.165) is 17.7 Å². The molecule has 1 aliphatic heterocycles. The average molecular weight is 434 g/mol. The fraction of sp³-hybridized carbons (Fsp3) is 0.481. The van der Waals surface area contributed by atoms with Gasteiger partial charge in [0, 0.05) is 6.54 Å². The highest BCUT2D eigenvalue weighted by Crippen LogP contribution is 2.42. The summed E-state index contributed by atoms with van der Waals surface area (Å²) in [5.74, 6) is 1.24. The molecule has 1 saturated carbocycles. The quantitative estimate of drug-likeness (QED) is 0.620. The first-order valence-corrected chi connectivity index (χ1v) is 11.9. The molecular weight excluding hydrogens is 398 g/mol. The van der Waals surface area contributed by atoms with Crippen molar-refractivity contribution in [3.8, 4) is 0 Å². The number of benzene rings is 2. The first-order valence-electron chi connectivity index (χ1n) is 11.9. The Labute approximate surface area is 191 Å². The summed E-state index contributed by atoms with van der Waals surface area (Å²) in [6.07, 6.45) is 6.00. The fourth-order valence-corrected chi connectivity index (χ4v) is 4.69. The van der Waals surface area contributed by atoms with Crippen molar-refractivity contribution in [1.29, 1.82) is 0 Å². The van der Waals surface area contributed by atoms with Gasteiger partial charge in [-0.1, -0.05) is 79.9 Å². The van der Waals surface area contributed by atoms with Crippen LogP contribution in [0.5, 0.6) is 0 Å². The Hall–Kier alpha value is -2.82. The zero-order valence-corrected chi connectivity index (χ0v) is 19.5. The van der Waals surface area contributed by atoms with Gasteiger partial charge in [-0.3, -0.25) is 0 Å². The van der Waals surface area contributed by atoms with Crippen molar-refractivity contribution in [3.05, 3.63) is 71.8 Å². The van der Waals surface area contributed by atoms with E-state index >= 15 is 0 Å². The van der Waals surface area contributed by atoms with E-state index in [1.165, 1.54) is 32.1 Å². The van der Waals surface area contributed by atoms with E-state index in [2.05, 4.69) is 29.6 Å². The van der Waals surface area contributed by atoms with Gasteiger partial charge in [0.05, 0.1) is 6.04 Å². The van der Waals surface area contributed by atoms with Gasteiger partial charge in [0.25, 0.3) is 0 Å². The van der Waals surface area contributed by atoms with Gasteiger partial charge in [0.1, 0.15) is 11.6 Å². The molecule has 2 aromatic carbocycles. The van der Waals surface area contributed by atoms with Gasteiger partial charge in [-0.25, -0.2) is 14.7 Å². The average Bonchev–Trinajstić information content (AvgIpc) is 3.18. The molecule has 0 aromatic heterocycles. The molecule has 0 bridgehead atoms. The van der Waals surface area contributed by atoms with E-state index in [-0.39, 0.29) is 18.2 Å². The number of guanidine groups is 1. The van der Waals surface area contributed by atoms with Gasteiger partial charge in [-0.2, -0.15) is 0 Å². The first-order chi connectivity index (χ1) is 15.4. The molecule has 1 N–H and O–H groups in total. The van der Waals surface area contributed by atoms with E-state index in [1.54, 1.807) is 4.90 Å². The molecule has 1 amide bonds. The molecule has 4 rings (SSSR count). The summed E-state index contributed by atoms with van der Waals surface area (Å²) in [6, 6.07) is 19.9. The summed E-state index contributed by atoms with van der Waals surface area (Å²) in [5, 5.41) is 3.54. The largest absolute Gasteiger partial charge is 0.443 e. The molecule has 1 heterocycles. The number of ether oxygens (including phenoxy) is 1. The molecular formula is C27H35N3O2. The highest BCUT2D eigenvalue weighted by atomic mass is 16.6. The van der Waals surface area contributed by atoms with E-state index in [9.17, 15) is 4.79 Å². The Kier molecular flexibility index (Phi) is 6.83. The maximum absolute atomic E-state index is 13.5. The number of nitrogens with zero attached hydrogens (tertiary/aromatic N) is 2. The van der Waals surface area contributed by atoms with Crippen LogP contribution in [0.2, 0.25) is 0 Å². The highest BCUT2D eigenvalue weighted by Gasteiger charge is 2.43. The molecule has 2 unspecified atom stereocenters. The lowest BCUT2D eigenvalue weighted by Gasteiger charge is -2.32. The molecule has 2 atom stereocenters. The van der Waals surface area contributed by atoms with Crippen molar-refractivity contribution in [2.45, 2.75) is 70.6 Å². The minimum Gasteiger partial charge on any atom is -0.443 e. The molecule has 0 saturated heterocycles. The summed E-state index contributed by atoms with van der Waals surface area (Å²) < 4.78 is 5.85. The van der Waals surface area contributed by atoms with Gasteiger partial charge in [0.2, 0.25) is 5.96 Å². The van der Waals surface area contributed by atoms with Crippen LogP contribution >= 0.6 is 0 Å². The van der Waals surface area contributed by atoms with Crippen LogP contribution in [0.25, 0.3) is 0 Å². The Bertz CT molecular complexity index is 915. The summed E-state index contributed by atoms with van der Waals surface area (Å²) in [4.78, 5) is 20.3. The first kappa shape index (κ1) is 22.4. The molecule has 32 heavy (non-hydrogen) atoms. The maximum Gasteiger partial charge on any atom is 0.417 e. The number of nitrogens with one attached hydrogen (secondary N) is 1. The summed E-state index contributed by atoms with van der Waals surface area (Å²) in [5.41, 5.74) is 1.55.